The maximum absolute atomic E-state index is 6.75. The summed E-state index contributed by atoms with van der Waals surface area (Å²) in [4.78, 5) is 0. The van der Waals surface area contributed by atoms with E-state index in [1.165, 1.54) is 0 Å². The van der Waals surface area contributed by atoms with Crippen molar-refractivity contribution >= 4 is 0 Å². The molecule has 0 spiro atoms. The molecule has 21 nitrogen and oxygen atoms in total. The van der Waals surface area contributed by atoms with Crippen LogP contribution in [0.15, 0.2) is 0 Å². The molecule has 0 rings (SSSR count). The molecule has 0 unspecified atom stereocenters. The van der Waals surface area contributed by atoms with Crippen LogP contribution in [-0.2, 0) is 143 Å². The van der Waals surface area contributed by atoms with Crippen molar-refractivity contribution in [2.45, 2.75) is 0 Å². The molecule has 0 saturated heterocycles. The Balaban J connectivity index is -0.00000000340. The van der Waals surface area contributed by atoms with Gasteiger partial charge in [-0.15, -0.1) is 0 Å². The van der Waals surface area contributed by atoms with Crippen LogP contribution in [0.2, 0.25) is 0 Å². The van der Waals surface area contributed by atoms with Crippen molar-refractivity contribution in [1.82, 2.24) is 0 Å². The summed E-state index contributed by atoms with van der Waals surface area (Å²) in [6.07, 6.45) is 0. The molecule has 0 aliphatic heterocycles. The third-order valence-electron chi connectivity index (χ3n) is 0. The van der Waals surface area contributed by atoms with E-state index in [-0.39, 0.29) is 150 Å². The Labute approximate surface area is 403 Å². The second-order valence-electron chi connectivity index (χ2n) is 0. The molecule has 0 fully saturated rings. The molecule has 28 heteroatoms. The van der Waals surface area contributed by atoms with Crippen LogP contribution >= 0.6 is 0 Å². The first kappa shape index (κ1) is 244. The standard InChI is InChI=1S/21CH3O.CH3.7Re/c21*1-2;;;;;;;;/h21*2H,1H2;1H3;;;;;;;/q22*-1;;;;;;;. The number of hydrogen-bond donors (Lipinski definition) is 21. The van der Waals surface area contributed by atoms with Crippen molar-refractivity contribution in [3.05, 3.63) is 157 Å². The largest absolute Gasteiger partial charge is 0.569 e. The molecule has 0 aromatic rings. The maximum Gasteiger partial charge on any atom is 0 e. The van der Waals surface area contributed by atoms with Gasteiger partial charge >= 0.3 is 0 Å². The third kappa shape index (κ3) is 9270. The van der Waals surface area contributed by atoms with Gasteiger partial charge in [0.15, 0.2) is 0 Å². The molecule has 0 aliphatic rings. The molecule has 0 bridgehead atoms. The van der Waals surface area contributed by atoms with Crippen LogP contribution in [0.25, 0.3) is 0 Å². The first-order chi connectivity index (χ1) is 21.0. The molecule has 50 heavy (non-hydrogen) atoms. The molecule has 0 saturated carbocycles. The van der Waals surface area contributed by atoms with Crippen molar-refractivity contribution in [2.24, 2.45) is 0 Å². The fraction of sp³-hybridized carbons (Fsp3) is 0. The Hall–Kier alpha value is 3.80. The van der Waals surface area contributed by atoms with Crippen molar-refractivity contribution < 1.29 is 250 Å². The monoisotopic (exact) mass is 1980 g/mol. The molecule has 0 aromatic carbocycles. The minimum Gasteiger partial charge on any atom is -0.569 e. The smallest absolute Gasteiger partial charge is 0 e. The van der Waals surface area contributed by atoms with E-state index in [0.29, 0.717) is 0 Å². The normalized spacial score (nSPS) is 2.52. The summed E-state index contributed by atoms with van der Waals surface area (Å²) in [7, 11) is 47.2. The molecule has 0 heterocycles. The van der Waals surface area contributed by atoms with Gasteiger partial charge in [-0.05, 0) is 0 Å². The second-order valence-corrected chi connectivity index (χ2v) is 0. The summed E-state index contributed by atoms with van der Waals surface area (Å²) in [5.74, 6) is 0. The predicted octanol–water partition coefficient (Wildman–Crippen LogP) is 3.59. The molecule has 0 aromatic heterocycles. The number of rotatable bonds is 0. The fourth-order valence-electron chi connectivity index (χ4n) is 0. The van der Waals surface area contributed by atoms with Gasteiger partial charge in [0.25, 0.3) is 0 Å². The van der Waals surface area contributed by atoms with Crippen LogP contribution in [0.1, 0.15) is 0 Å². The van der Waals surface area contributed by atoms with Crippen molar-refractivity contribution in [1.29, 1.82) is 0 Å². The second kappa shape index (κ2) is 9830. The van der Waals surface area contributed by atoms with Gasteiger partial charge in [-0.25, -0.2) is 149 Å². The Morgan fingerprint density at radius 3 is 0.100 bits per heavy atom. The van der Waals surface area contributed by atoms with Gasteiger partial charge in [0, 0.05) is 143 Å². The SMILES string of the molecule is [CH2-]O.[CH2-]O.[CH2-]O.[CH2-]O.[CH2-]O.[CH2-]O.[CH2-]O.[CH2-]O.[CH2-]O.[CH2-]O.[CH2-]O.[CH2-]O.[CH2-]O.[CH2-]O.[CH2-]O.[CH2-]O.[CH2-]O.[CH2-]O.[CH2-]O.[CH2-]O.[CH2-]O.[CH3-].[Re].[Re].[Re].[Re].[Re].[Re].[Re]. The van der Waals surface area contributed by atoms with Crippen LogP contribution in [0, 0.1) is 157 Å². The average molecular weight is 1970 g/mol. The van der Waals surface area contributed by atoms with Gasteiger partial charge in [-0.1, -0.05) is 0 Å². The third-order valence-corrected chi connectivity index (χ3v) is 0. The molecule has 21 N–H and O–H groups in total. The Morgan fingerprint density at radius 2 is 0.100 bits per heavy atom. The van der Waals surface area contributed by atoms with E-state index in [0.717, 1.165) is 0 Å². The van der Waals surface area contributed by atoms with Gasteiger partial charge in [0.05, 0.1) is 0 Å². The summed E-state index contributed by atoms with van der Waals surface area (Å²) in [5, 5.41) is 142. The van der Waals surface area contributed by atoms with Gasteiger partial charge in [0.2, 0.25) is 0 Å². The maximum atomic E-state index is 6.75. The van der Waals surface area contributed by atoms with E-state index in [4.69, 9.17) is 107 Å². The Morgan fingerprint density at radius 1 is 0.100 bits per heavy atom. The molecule has 0 aliphatic carbocycles. The van der Waals surface area contributed by atoms with E-state index in [2.05, 4.69) is 149 Å². The minimum absolute atomic E-state index is 0. The van der Waals surface area contributed by atoms with Crippen molar-refractivity contribution in [3.63, 3.8) is 0 Å². The summed E-state index contributed by atoms with van der Waals surface area (Å²) in [6.45, 7) is 0. The van der Waals surface area contributed by atoms with Crippen LogP contribution < -0.4 is 0 Å². The topological polar surface area (TPSA) is 425 Å². The number of aliphatic hydroxyl groups excluding tert-OH is 21. The summed E-state index contributed by atoms with van der Waals surface area (Å²) >= 11 is 0. The summed E-state index contributed by atoms with van der Waals surface area (Å²) in [5.41, 5.74) is 0. The van der Waals surface area contributed by atoms with Gasteiger partial charge in [-0.2, -0.15) is 0 Å². The zero-order chi connectivity index (χ0) is 42.0. The minimum atomic E-state index is 0. The van der Waals surface area contributed by atoms with Crippen LogP contribution in [0.4, 0.5) is 0 Å². The fourth-order valence-corrected chi connectivity index (χ4v) is 0. The van der Waals surface area contributed by atoms with Crippen molar-refractivity contribution in [2.75, 3.05) is 0 Å². The van der Waals surface area contributed by atoms with Gasteiger partial charge < -0.3 is 115 Å². The predicted molar refractivity (Wildman–Crippen MR) is 160 cm³/mol. The zero-order valence-electron chi connectivity index (χ0n) is 27.9. The van der Waals surface area contributed by atoms with E-state index < -0.39 is 0 Å². The Kier molecular flexibility index (Phi) is 47900. The zero-order valence-corrected chi connectivity index (χ0v) is 46.9. The molecular formula is C22H66O21Re7-22. The first-order valence-electron chi connectivity index (χ1n) is 6.64. The van der Waals surface area contributed by atoms with E-state index >= 15 is 0 Å². The van der Waals surface area contributed by atoms with E-state index in [9.17, 15) is 0 Å². The van der Waals surface area contributed by atoms with Crippen LogP contribution in [0.3, 0.4) is 0 Å². The summed E-state index contributed by atoms with van der Waals surface area (Å²) in [6, 6.07) is 0. The first-order valence-corrected chi connectivity index (χ1v) is 6.64. The quantitative estimate of drug-likeness (QED) is 0.154. The average Bonchev–Trinajstić information content (AvgIpc) is 3.24. The van der Waals surface area contributed by atoms with Crippen LogP contribution in [0.5, 0.6) is 0 Å². The van der Waals surface area contributed by atoms with Gasteiger partial charge in [0.1, 0.15) is 0 Å². The van der Waals surface area contributed by atoms with Gasteiger partial charge in [-0.3, -0.25) is 0 Å². The molecule has 0 amide bonds. The molecule has 7 radical (unpaired) electrons. The molecule has 351 valence electrons. The number of aliphatic hydroxyl groups is 21. The van der Waals surface area contributed by atoms with Crippen LogP contribution in [-0.4, -0.2) is 107 Å². The Bertz CT molecular complexity index is 72.2. The summed E-state index contributed by atoms with van der Waals surface area (Å²) < 4.78 is 0. The van der Waals surface area contributed by atoms with E-state index in [1.54, 1.807) is 0 Å². The molecule has 0 atom stereocenters. The van der Waals surface area contributed by atoms with E-state index in [1.807, 2.05) is 0 Å². The number of hydrogen-bond acceptors (Lipinski definition) is 21. The molecular weight excluding hydrogens is 1900 g/mol. The van der Waals surface area contributed by atoms with Crippen molar-refractivity contribution in [3.8, 4) is 0 Å².